The molecule has 4 unspecified atom stereocenters. The lowest BCUT2D eigenvalue weighted by atomic mass is 9.75. The molecule has 0 spiro atoms. The van der Waals surface area contributed by atoms with Gasteiger partial charge in [0.05, 0.1) is 0 Å². The quantitative estimate of drug-likeness (QED) is 0.377. The average molecular weight is 477 g/mol. The summed E-state index contributed by atoms with van der Waals surface area (Å²) in [4.78, 5) is 0. The molecule has 0 aromatic heterocycles. The molecule has 0 heteroatoms. The first-order valence-electron chi connectivity index (χ1n) is 14.5. The zero-order valence-electron chi connectivity index (χ0n) is 23.2. The van der Waals surface area contributed by atoms with Crippen molar-refractivity contribution >= 4 is 6.08 Å². The van der Waals surface area contributed by atoms with Crippen LogP contribution in [0.3, 0.4) is 0 Å². The summed E-state index contributed by atoms with van der Waals surface area (Å²) in [5.41, 5.74) is 15.2. The fourth-order valence-corrected chi connectivity index (χ4v) is 8.50. The maximum atomic E-state index is 4.57. The van der Waals surface area contributed by atoms with Gasteiger partial charge in [-0.15, -0.1) is 0 Å². The van der Waals surface area contributed by atoms with Gasteiger partial charge in [-0.05, 0) is 102 Å². The normalized spacial score (nSPS) is 30.2. The van der Waals surface area contributed by atoms with Gasteiger partial charge in [-0.1, -0.05) is 112 Å². The molecule has 0 heterocycles. The van der Waals surface area contributed by atoms with Crippen molar-refractivity contribution in [2.75, 3.05) is 0 Å². The van der Waals surface area contributed by atoms with E-state index in [1.54, 1.807) is 11.1 Å². The third-order valence-electron chi connectivity index (χ3n) is 10.6. The van der Waals surface area contributed by atoms with Crippen LogP contribution in [0.2, 0.25) is 0 Å². The lowest BCUT2D eigenvalue weighted by Gasteiger charge is -2.30. The molecule has 0 N–H and O–H groups in total. The molecule has 2 aromatic rings. The Kier molecular flexibility index (Phi) is 5.75. The van der Waals surface area contributed by atoms with Crippen LogP contribution in [-0.4, -0.2) is 0 Å². The van der Waals surface area contributed by atoms with E-state index in [0.717, 1.165) is 24.7 Å². The van der Waals surface area contributed by atoms with Gasteiger partial charge in [0.1, 0.15) is 0 Å². The highest BCUT2D eigenvalue weighted by atomic mass is 14.7. The predicted molar refractivity (Wildman–Crippen MR) is 155 cm³/mol. The highest BCUT2D eigenvalue weighted by Crippen LogP contribution is 2.72. The molecule has 0 nitrogen and oxygen atoms in total. The van der Waals surface area contributed by atoms with Crippen LogP contribution in [0, 0.1) is 48.9 Å². The summed E-state index contributed by atoms with van der Waals surface area (Å²) < 4.78 is 0. The molecule has 6 rings (SSSR count). The van der Waals surface area contributed by atoms with Crippen molar-refractivity contribution in [1.82, 2.24) is 0 Å². The number of aryl methyl sites for hydroxylation is 2. The Labute approximate surface area is 219 Å². The van der Waals surface area contributed by atoms with E-state index in [9.17, 15) is 0 Å². The second-order valence-corrected chi connectivity index (χ2v) is 13.4. The van der Waals surface area contributed by atoms with E-state index in [1.165, 1.54) is 76.6 Å². The largest absolute Gasteiger partial charge is 0.0989 e. The summed E-state index contributed by atoms with van der Waals surface area (Å²) in [6, 6.07) is 11.9. The molecule has 4 atom stereocenters. The Bertz CT molecular complexity index is 1260. The lowest BCUT2D eigenvalue weighted by molar-refractivity contribution is 0.254. The van der Waals surface area contributed by atoms with Crippen molar-refractivity contribution in [2.24, 2.45) is 35.0 Å². The number of hydrogen-bond donors (Lipinski definition) is 0. The molecule has 36 heavy (non-hydrogen) atoms. The van der Waals surface area contributed by atoms with Gasteiger partial charge in [0.25, 0.3) is 0 Å². The van der Waals surface area contributed by atoms with Crippen molar-refractivity contribution in [1.29, 1.82) is 0 Å². The van der Waals surface area contributed by atoms with Gasteiger partial charge in [-0.2, -0.15) is 0 Å². The summed E-state index contributed by atoms with van der Waals surface area (Å²) in [7, 11) is 0. The van der Waals surface area contributed by atoms with Crippen LogP contribution in [0.25, 0.3) is 17.2 Å². The zero-order valence-corrected chi connectivity index (χ0v) is 23.2. The van der Waals surface area contributed by atoms with Gasteiger partial charge < -0.3 is 0 Å². The van der Waals surface area contributed by atoms with E-state index in [4.69, 9.17) is 0 Å². The third kappa shape index (κ3) is 3.79. The predicted octanol–water partition coefficient (Wildman–Crippen LogP) is 9.68. The maximum absolute atomic E-state index is 4.57. The van der Waals surface area contributed by atoms with Gasteiger partial charge in [0, 0.05) is 5.92 Å². The van der Waals surface area contributed by atoms with E-state index in [2.05, 4.69) is 84.2 Å². The Balaban J connectivity index is 1.29. The molecular weight excluding hydrogens is 432 g/mol. The Hall–Kier alpha value is -2.34. The minimum Gasteiger partial charge on any atom is -0.0989 e. The molecule has 2 aromatic carbocycles. The van der Waals surface area contributed by atoms with E-state index < -0.39 is 0 Å². The number of hydrogen-bond acceptors (Lipinski definition) is 0. The number of benzene rings is 2. The van der Waals surface area contributed by atoms with Gasteiger partial charge >= 0.3 is 0 Å². The van der Waals surface area contributed by atoms with E-state index in [0.29, 0.717) is 23.2 Å². The third-order valence-corrected chi connectivity index (χ3v) is 10.6. The van der Waals surface area contributed by atoms with Crippen LogP contribution in [0.1, 0.15) is 80.7 Å². The van der Waals surface area contributed by atoms with Crippen molar-refractivity contribution in [2.45, 2.75) is 79.6 Å². The molecule has 3 fully saturated rings. The maximum Gasteiger partial charge on any atom is 0.00454 e. The van der Waals surface area contributed by atoms with Crippen LogP contribution in [0.15, 0.2) is 60.2 Å². The highest BCUT2D eigenvalue weighted by molar-refractivity contribution is 5.80. The van der Waals surface area contributed by atoms with Gasteiger partial charge in [-0.3, -0.25) is 0 Å². The summed E-state index contributed by atoms with van der Waals surface area (Å²) in [5.74, 6) is 3.46. The average Bonchev–Trinajstić information content (AvgIpc) is 3.08. The SMILES string of the molecule is C=C1C(CC2=Cc3cccc(-c4cc(C)cc(C)c4CC4CCCCC4C)c3C2)C(=C)C2C1C2(C)C. The van der Waals surface area contributed by atoms with Crippen LogP contribution in [0.5, 0.6) is 0 Å². The van der Waals surface area contributed by atoms with Gasteiger partial charge in [0.15, 0.2) is 0 Å². The van der Waals surface area contributed by atoms with Crippen molar-refractivity contribution in [3.63, 3.8) is 0 Å². The molecule has 3 saturated carbocycles. The second-order valence-electron chi connectivity index (χ2n) is 13.4. The molecule has 4 aliphatic rings. The van der Waals surface area contributed by atoms with E-state index in [1.807, 2.05) is 0 Å². The lowest BCUT2D eigenvalue weighted by Crippen LogP contribution is -2.19. The molecule has 4 aliphatic carbocycles. The molecular formula is C36H44. The number of fused-ring (bicyclic) bond motifs is 2. The topological polar surface area (TPSA) is 0 Å². The summed E-state index contributed by atoms with van der Waals surface area (Å²) in [6.07, 6.45) is 11.5. The van der Waals surface area contributed by atoms with Crippen molar-refractivity contribution in [3.05, 3.63) is 88.0 Å². The summed E-state index contributed by atoms with van der Waals surface area (Å²) in [5, 5.41) is 0. The first-order valence-corrected chi connectivity index (χ1v) is 14.5. The van der Waals surface area contributed by atoms with Crippen LogP contribution in [0.4, 0.5) is 0 Å². The van der Waals surface area contributed by atoms with Crippen molar-refractivity contribution in [3.8, 4) is 11.1 Å². The van der Waals surface area contributed by atoms with E-state index >= 15 is 0 Å². The number of allylic oxidation sites excluding steroid dienone is 3. The molecule has 0 radical (unpaired) electrons. The second kappa shape index (κ2) is 8.61. The molecule has 0 saturated heterocycles. The fourth-order valence-electron chi connectivity index (χ4n) is 8.50. The first kappa shape index (κ1) is 24.0. The minimum atomic E-state index is 0.389. The zero-order chi connectivity index (χ0) is 25.4. The first-order chi connectivity index (χ1) is 17.2. The monoisotopic (exact) mass is 476 g/mol. The molecule has 0 bridgehead atoms. The Morgan fingerprint density at radius 1 is 0.917 bits per heavy atom. The highest BCUT2D eigenvalue weighted by Gasteiger charge is 2.65. The standard InChI is InChI=1S/C36H44/c1-21-15-23(3)30(20-27-12-9-8-11-22(27)2)33(16-21)29-14-10-13-28-17-26(19-32(28)29)18-31-24(4)34-35(25(31)5)36(34,6)7/h10,13-17,22,27,31,34-35H,4-5,8-9,11-12,18-20H2,1-3,6-7H3. The fraction of sp³-hybridized carbons (Fsp3) is 0.500. The minimum absolute atomic E-state index is 0.389. The van der Waals surface area contributed by atoms with Crippen LogP contribution < -0.4 is 0 Å². The van der Waals surface area contributed by atoms with Crippen LogP contribution >= 0.6 is 0 Å². The molecule has 188 valence electrons. The molecule has 0 amide bonds. The van der Waals surface area contributed by atoms with Crippen molar-refractivity contribution < 1.29 is 0 Å². The van der Waals surface area contributed by atoms with Gasteiger partial charge in [0.2, 0.25) is 0 Å². The smallest absolute Gasteiger partial charge is 0.00454 e. The summed E-state index contributed by atoms with van der Waals surface area (Å²) >= 11 is 0. The summed E-state index contributed by atoms with van der Waals surface area (Å²) in [6.45, 7) is 21.0. The van der Waals surface area contributed by atoms with Gasteiger partial charge in [-0.25, -0.2) is 0 Å². The van der Waals surface area contributed by atoms with Crippen LogP contribution in [-0.2, 0) is 12.8 Å². The van der Waals surface area contributed by atoms with E-state index in [-0.39, 0.29) is 0 Å². The number of rotatable bonds is 5. The molecule has 0 aliphatic heterocycles. The Morgan fingerprint density at radius 2 is 1.64 bits per heavy atom. The Morgan fingerprint density at radius 3 is 2.36 bits per heavy atom.